The maximum Gasteiger partial charge on any atom is 0.331 e. The molecule has 0 aliphatic carbocycles. The van der Waals surface area contributed by atoms with Gasteiger partial charge in [-0.15, -0.1) is 0 Å². The fourth-order valence-electron chi connectivity index (χ4n) is 1.76. The van der Waals surface area contributed by atoms with Crippen LogP contribution in [0.3, 0.4) is 0 Å². The number of nitrogens with zero attached hydrogens (tertiary/aromatic N) is 2. The lowest BCUT2D eigenvalue weighted by atomic mass is 10.1. The lowest BCUT2D eigenvalue weighted by molar-refractivity contribution is -0.139. The van der Waals surface area contributed by atoms with Crippen LogP contribution in [-0.2, 0) is 22.6 Å². The summed E-state index contributed by atoms with van der Waals surface area (Å²) in [5.41, 5.74) is 0.744. The Morgan fingerprint density at radius 1 is 1.35 bits per heavy atom. The summed E-state index contributed by atoms with van der Waals surface area (Å²) in [5.74, 6) is 0.797. The minimum Gasteiger partial charge on any atom is -0.452 e. The fourth-order valence-corrected chi connectivity index (χ4v) is 2.06. The van der Waals surface area contributed by atoms with Gasteiger partial charge in [-0.2, -0.15) is 4.98 Å². The Balaban J connectivity index is 1.86. The minimum atomic E-state index is -0.514. The second-order valence-electron chi connectivity index (χ2n) is 5.32. The SMILES string of the molecule is CC(C)Cc1noc(COC(=O)/C=C/c2ccc(Cl)c(Cl)c2)n1. The summed E-state index contributed by atoms with van der Waals surface area (Å²) in [5, 5.41) is 4.70. The molecule has 2 aromatic rings. The molecule has 0 amide bonds. The van der Waals surface area contributed by atoms with Crippen molar-refractivity contribution in [3.63, 3.8) is 0 Å². The predicted molar refractivity (Wildman–Crippen MR) is 88.1 cm³/mol. The quantitative estimate of drug-likeness (QED) is 0.570. The highest BCUT2D eigenvalue weighted by Gasteiger charge is 2.09. The molecule has 0 saturated heterocycles. The standard InChI is InChI=1S/C16H16Cl2N2O3/c1-10(2)7-14-19-15(23-20-14)9-22-16(21)6-4-11-3-5-12(17)13(18)8-11/h3-6,8,10H,7,9H2,1-2H3/b6-4+. The van der Waals surface area contributed by atoms with Crippen molar-refractivity contribution in [1.82, 2.24) is 10.1 Å². The van der Waals surface area contributed by atoms with E-state index < -0.39 is 5.97 Å². The third-order valence-corrected chi connectivity index (χ3v) is 3.53. The molecular formula is C16H16Cl2N2O3. The van der Waals surface area contributed by atoms with Crippen molar-refractivity contribution in [2.45, 2.75) is 26.9 Å². The van der Waals surface area contributed by atoms with Gasteiger partial charge >= 0.3 is 5.97 Å². The lowest BCUT2D eigenvalue weighted by Crippen LogP contribution is -2.01. The van der Waals surface area contributed by atoms with E-state index in [1.54, 1.807) is 24.3 Å². The molecule has 23 heavy (non-hydrogen) atoms. The van der Waals surface area contributed by atoms with Crippen LogP contribution in [0, 0.1) is 5.92 Å². The summed E-state index contributed by atoms with van der Waals surface area (Å²) >= 11 is 11.7. The van der Waals surface area contributed by atoms with Gasteiger partial charge in [0.25, 0.3) is 5.89 Å². The number of carbonyl (C=O) groups excluding carboxylic acids is 1. The second-order valence-corrected chi connectivity index (χ2v) is 6.13. The highest BCUT2D eigenvalue weighted by molar-refractivity contribution is 6.42. The van der Waals surface area contributed by atoms with Crippen molar-refractivity contribution in [1.29, 1.82) is 0 Å². The Morgan fingerprint density at radius 2 is 2.13 bits per heavy atom. The van der Waals surface area contributed by atoms with Gasteiger partial charge in [-0.1, -0.05) is 48.3 Å². The van der Waals surface area contributed by atoms with Crippen molar-refractivity contribution < 1.29 is 14.1 Å². The molecule has 0 atom stereocenters. The van der Waals surface area contributed by atoms with E-state index in [1.165, 1.54) is 6.08 Å². The van der Waals surface area contributed by atoms with Gasteiger partial charge in [0, 0.05) is 12.5 Å². The number of carbonyl (C=O) groups is 1. The molecule has 0 spiro atoms. The fraction of sp³-hybridized carbons (Fsp3) is 0.312. The number of hydrogen-bond donors (Lipinski definition) is 0. The summed E-state index contributed by atoms with van der Waals surface area (Å²) < 4.78 is 10.1. The smallest absolute Gasteiger partial charge is 0.331 e. The van der Waals surface area contributed by atoms with Crippen molar-refractivity contribution in [2.75, 3.05) is 0 Å². The van der Waals surface area contributed by atoms with Crippen LogP contribution in [0.1, 0.15) is 31.1 Å². The van der Waals surface area contributed by atoms with E-state index >= 15 is 0 Å². The van der Waals surface area contributed by atoms with Crippen LogP contribution in [0.25, 0.3) is 6.08 Å². The average Bonchev–Trinajstić information content (AvgIpc) is 2.93. The zero-order chi connectivity index (χ0) is 16.8. The summed E-state index contributed by atoms with van der Waals surface area (Å²) in [7, 11) is 0. The molecule has 122 valence electrons. The Hall–Kier alpha value is -1.85. The third kappa shape index (κ3) is 5.69. The maximum absolute atomic E-state index is 11.7. The molecular weight excluding hydrogens is 339 g/mol. The number of hydrogen-bond acceptors (Lipinski definition) is 5. The topological polar surface area (TPSA) is 65.2 Å². The largest absolute Gasteiger partial charge is 0.452 e. The van der Waals surface area contributed by atoms with Gasteiger partial charge in [0.1, 0.15) is 0 Å². The number of aromatic nitrogens is 2. The molecule has 0 unspecified atom stereocenters. The zero-order valence-corrected chi connectivity index (χ0v) is 14.3. The average molecular weight is 355 g/mol. The molecule has 1 heterocycles. The molecule has 0 aliphatic heterocycles. The second kappa shape index (κ2) is 8.13. The number of ether oxygens (including phenoxy) is 1. The molecule has 0 N–H and O–H groups in total. The van der Waals surface area contributed by atoms with Crippen LogP contribution < -0.4 is 0 Å². The van der Waals surface area contributed by atoms with Gasteiger partial charge in [-0.25, -0.2) is 4.79 Å². The van der Waals surface area contributed by atoms with Gasteiger partial charge < -0.3 is 9.26 Å². The van der Waals surface area contributed by atoms with Crippen molar-refractivity contribution in [3.05, 3.63) is 51.6 Å². The summed E-state index contributed by atoms with van der Waals surface area (Å²) in [6.45, 7) is 4.06. The van der Waals surface area contributed by atoms with Crippen LogP contribution in [0.15, 0.2) is 28.8 Å². The van der Waals surface area contributed by atoms with Gasteiger partial charge in [0.15, 0.2) is 12.4 Å². The van der Waals surface area contributed by atoms with Crippen molar-refractivity contribution >= 4 is 35.2 Å². The van der Waals surface area contributed by atoms with Crippen LogP contribution in [-0.4, -0.2) is 16.1 Å². The van der Waals surface area contributed by atoms with Crippen LogP contribution >= 0.6 is 23.2 Å². The van der Waals surface area contributed by atoms with Crippen LogP contribution in [0.2, 0.25) is 10.0 Å². The van der Waals surface area contributed by atoms with E-state index in [4.69, 9.17) is 32.5 Å². The number of halogens is 2. The first-order valence-electron chi connectivity index (χ1n) is 7.05. The van der Waals surface area contributed by atoms with E-state index in [0.29, 0.717) is 28.2 Å². The molecule has 2 rings (SSSR count). The minimum absolute atomic E-state index is 0.0599. The highest BCUT2D eigenvalue weighted by Crippen LogP contribution is 2.23. The molecule has 0 fully saturated rings. The Kier molecular flexibility index (Phi) is 6.19. The molecule has 1 aromatic heterocycles. The number of esters is 1. The van der Waals surface area contributed by atoms with E-state index in [-0.39, 0.29) is 12.5 Å². The van der Waals surface area contributed by atoms with E-state index in [9.17, 15) is 4.79 Å². The lowest BCUT2D eigenvalue weighted by Gasteiger charge is -1.99. The normalized spacial score (nSPS) is 11.3. The predicted octanol–water partition coefficient (Wildman–Crippen LogP) is 4.33. The third-order valence-electron chi connectivity index (χ3n) is 2.79. The molecule has 7 heteroatoms. The zero-order valence-electron chi connectivity index (χ0n) is 12.8. The number of benzene rings is 1. The Bertz CT molecular complexity index is 711. The van der Waals surface area contributed by atoms with Gasteiger partial charge in [0.05, 0.1) is 10.0 Å². The van der Waals surface area contributed by atoms with Crippen molar-refractivity contribution in [3.8, 4) is 0 Å². The van der Waals surface area contributed by atoms with E-state index in [2.05, 4.69) is 24.0 Å². The summed E-state index contributed by atoms with van der Waals surface area (Å²) in [4.78, 5) is 15.8. The Morgan fingerprint density at radius 3 is 2.83 bits per heavy atom. The molecule has 1 aromatic carbocycles. The first kappa shape index (κ1) is 17.5. The monoisotopic (exact) mass is 354 g/mol. The van der Waals surface area contributed by atoms with E-state index in [0.717, 1.165) is 5.56 Å². The van der Waals surface area contributed by atoms with E-state index in [1.807, 2.05) is 0 Å². The molecule has 0 saturated carbocycles. The molecule has 5 nitrogen and oxygen atoms in total. The molecule has 0 aliphatic rings. The van der Waals surface area contributed by atoms with Gasteiger partial charge in [-0.05, 0) is 29.7 Å². The summed E-state index contributed by atoms with van der Waals surface area (Å²) in [6, 6.07) is 5.06. The Labute approximate surface area is 144 Å². The van der Waals surface area contributed by atoms with Gasteiger partial charge in [0.2, 0.25) is 0 Å². The maximum atomic E-state index is 11.7. The van der Waals surface area contributed by atoms with Gasteiger partial charge in [-0.3, -0.25) is 0 Å². The van der Waals surface area contributed by atoms with Crippen LogP contribution in [0.5, 0.6) is 0 Å². The van der Waals surface area contributed by atoms with Crippen molar-refractivity contribution in [2.24, 2.45) is 5.92 Å². The summed E-state index contributed by atoms with van der Waals surface area (Å²) in [6.07, 6.45) is 3.60. The first-order chi connectivity index (χ1) is 10.9. The molecule has 0 radical (unpaired) electrons. The number of rotatable bonds is 6. The molecule has 0 bridgehead atoms. The first-order valence-corrected chi connectivity index (χ1v) is 7.81. The highest BCUT2D eigenvalue weighted by atomic mass is 35.5. The van der Waals surface area contributed by atoms with Crippen LogP contribution in [0.4, 0.5) is 0 Å².